The van der Waals surface area contributed by atoms with Gasteiger partial charge in [-0.25, -0.2) is 0 Å². The summed E-state index contributed by atoms with van der Waals surface area (Å²) in [6.07, 6.45) is 8.71. The lowest BCUT2D eigenvalue weighted by Gasteiger charge is -2.22. The van der Waals surface area contributed by atoms with E-state index in [0.717, 1.165) is 16.9 Å². The minimum absolute atomic E-state index is 0.180. The van der Waals surface area contributed by atoms with Gasteiger partial charge in [-0.2, -0.15) is 26.6 Å². The van der Waals surface area contributed by atoms with E-state index in [2.05, 4.69) is 29.3 Å². The molecule has 230 valence electrons. The number of nitrogens with one attached hydrogen (secondary N) is 1. The van der Waals surface area contributed by atoms with E-state index >= 15 is 0 Å². The Morgan fingerprint density at radius 2 is 1.73 bits per heavy atom. The van der Waals surface area contributed by atoms with Crippen LogP contribution in [0.25, 0.3) is 6.08 Å². The van der Waals surface area contributed by atoms with E-state index in [9.17, 15) is 26.4 Å². The Kier molecular flexibility index (Phi) is 8.47. The second-order valence-corrected chi connectivity index (χ2v) is 13.7. The number of halogens is 3. The van der Waals surface area contributed by atoms with Crippen molar-refractivity contribution in [2.24, 2.45) is 4.99 Å². The molecule has 12 heteroatoms. The Labute approximate surface area is 258 Å². The van der Waals surface area contributed by atoms with Crippen molar-refractivity contribution in [1.82, 2.24) is 0 Å². The Hall–Kier alpha value is -3.77. The summed E-state index contributed by atoms with van der Waals surface area (Å²) in [4.78, 5) is 19.1. The normalized spacial score (nSPS) is 18.4. The first-order chi connectivity index (χ1) is 21.1. The molecular formula is C32H30F3N3O4S2. The molecule has 0 bridgehead atoms. The average Bonchev–Trinajstić information content (AvgIpc) is 3.59. The summed E-state index contributed by atoms with van der Waals surface area (Å²) in [7, 11) is -5.52. The Morgan fingerprint density at radius 1 is 1.00 bits per heavy atom. The van der Waals surface area contributed by atoms with Gasteiger partial charge in [-0.05, 0) is 95.6 Å². The number of aliphatic imine (C=N–C) groups is 1. The number of hydrogen-bond acceptors (Lipinski definition) is 6. The number of thioether (sulfide) groups is 1. The molecule has 44 heavy (non-hydrogen) atoms. The maximum Gasteiger partial charge on any atom is 0.516 e. The van der Waals surface area contributed by atoms with E-state index in [4.69, 9.17) is 4.74 Å². The fourth-order valence-electron chi connectivity index (χ4n) is 5.69. The van der Waals surface area contributed by atoms with Crippen molar-refractivity contribution < 1.29 is 31.1 Å². The Bertz CT molecular complexity index is 1710. The molecule has 0 saturated heterocycles. The van der Waals surface area contributed by atoms with E-state index in [-0.39, 0.29) is 11.6 Å². The first kappa shape index (κ1) is 30.3. The molecule has 0 radical (unpaired) electrons. The van der Waals surface area contributed by atoms with Crippen LogP contribution in [0.3, 0.4) is 0 Å². The first-order valence-electron chi connectivity index (χ1n) is 14.4. The van der Waals surface area contributed by atoms with Gasteiger partial charge in [-0.15, -0.1) is 0 Å². The number of alkyl halides is 3. The first-order valence-corrected chi connectivity index (χ1v) is 16.7. The molecule has 1 amide bonds. The lowest BCUT2D eigenvalue weighted by molar-refractivity contribution is -0.113. The lowest BCUT2D eigenvalue weighted by Crippen LogP contribution is -2.29. The quantitative estimate of drug-likeness (QED) is 0.267. The summed E-state index contributed by atoms with van der Waals surface area (Å²) in [5, 5.41) is 0.457. The van der Waals surface area contributed by atoms with Gasteiger partial charge in [0.1, 0.15) is 12.4 Å². The van der Waals surface area contributed by atoms with Gasteiger partial charge in [0.15, 0.2) is 5.17 Å². The van der Waals surface area contributed by atoms with Gasteiger partial charge in [-0.1, -0.05) is 55.7 Å². The number of hydrogen-bond donors (Lipinski definition) is 1. The van der Waals surface area contributed by atoms with Gasteiger partial charge >= 0.3 is 15.5 Å². The fraction of sp³-hybridized carbons (Fsp3) is 0.312. The molecule has 2 heterocycles. The van der Waals surface area contributed by atoms with Crippen molar-refractivity contribution in [2.45, 2.75) is 56.6 Å². The molecule has 1 saturated carbocycles. The number of sulfonamides is 1. The fourth-order valence-corrected chi connectivity index (χ4v) is 7.20. The van der Waals surface area contributed by atoms with E-state index in [1.165, 1.54) is 67.6 Å². The van der Waals surface area contributed by atoms with Crippen molar-refractivity contribution in [3.05, 3.63) is 93.9 Å². The van der Waals surface area contributed by atoms with Crippen LogP contribution in [0.4, 0.5) is 24.5 Å². The minimum Gasteiger partial charge on any atom is -0.489 e. The van der Waals surface area contributed by atoms with Crippen LogP contribution in [0, 0.1) is 0 Å². The molecule has 0 spiro atoms. The van der Waals surface area contributed by atoms with Gasteiger partial charge in [0.25, 0.3) is 5.91 Å². The zero-order chi connectivity index (χ0) is 30.9. The summed E-state index contributed by atoms with van der Waals surface area (Å²) < 4.78 is 68.7. The molecule has 1 aliphatic carbocycles. The number of carbonyl (C=O) groups excluding carboxylic acids is 1. The summed E-state index contributed by atoms with van der Waals surface area (Å²) in [6, 6.07) is 20.3. The van der Waals surface area contributed by atoms with E-state index in [1.54, 1.807) is 15.7 Å². The highest BCUT2D eigenvalue weighted by atomic mass is 32.2. The monoisotopic (exact) mass is 641 g/mol. The van der Waals surface area contributed by atoms with Gasteiger partial charge in [0, 0.05) is 17.9 Å². The van der Waals surface area contributed by atoms with Crippen LogP contribution >= 0.6 is 11.8 Å². The van der Waals surface area contributed by atoms with Crippen LogP contribution in [-0.4, -0.2) is 31.5 Å². The molecule has 2 aliphatic heterocycles. The Balaban J connectivity index is 1.05. The zero-order valence-corrected chi connectivity index (χ0v) is 25.3. The number of fused-ring (bicyclic) bond motifs is 1. The SMILES string of the molecule is O=C1N=C(N2CCc3cc(NS(=O)(=O)C(F)(F)F)ccc32)S/C1=C/c1ccc(OCc2ccc(C3CCCCC3)cc2)cc1. The topological polar surface area (TPSA) is 88.1 Å². The van der Waals surface area contributed by atoms with Crippen molar-refractivity contribution in [3.63, 3.8) is 0 Å². The highest BCUT2D eigenvalue weighted by Gasteiger charge is 2.46. The third-order valence-corrected chi connectivity index (χ3v) is 10.1. The lowest BCUT2D eigenvalue weighted by atomic mass is 9.84. The number of amides is 1. The van der Waals surface area contributed by atoms with Gasteiger partial charge in [0.2, 0.25) is 0 Å². The molecule has 3 aliphatic rings. The van der Waals surface area contributed by atoms with Crippen LogP contribution in [0.5, 0.6) is 5.75 Å². The molecule has 0 unspecified atom stereocenters. The van der Waals surface area contributed by atoms with Crippen LogP contribution in [-0.2, 0) is 27.8 Å². The predicted octanol–water partition coefficient (Wildman–Crippen LogP) is 7.61. The highest BCUT2D eigenvalue weighted by molar-refractivity contribution is 8.18. The van der Waals surface area contributed by atoms with Crippen molar-refractivity contribution in [3.8, 4) is 5.75 Å². The maximum atomic E-state index is 12.7. The number of anilines is 2. The number of amidine groups is 1. The Morgan fingerprint density at radius 3 is 2.43 bits per heavy atom. The number of rotatable bonds is 7. The summed E-state index contributed by atoms with van der Waals surface area (Å²) in [5.74, 6) is 1.01. The summed E-state index contributed by atoms with van der Waals surface area (Å²) >= 11 is 1.21. The molecule has 0 aromatic heterocycles. The number of nitrogens with zero attached hydrogens (tertiary/aromatic N) is 2. The van der Waals surface area contributed by atoms with E-state index < -0.39 is 15.5 Å². The van der Waals surface area contributed by atoms with E-state index in [0.29, 0.717) is 46.8 Å². The van der Waals surface area contributed by atoms with Crippen LogP contribution in [0.1, 0.15) is 60.3 Å². The van der Waals surface area contributed by atoms with Crippen molar-refractivity contribution in [2.75, 3.05) is 16.2 Å². The van der Waals surface area contributed by atoms with Gasteiger partial charge < -0.3 is 9.64 Å². The molecule has 1 N–H and O–H groups in total. The molecule has 7 nitrogen and oxygen atoms in total. The zero-order valence-electron chi connectivity index (χ0n) is 23.6. The van der Waals surface area contributed by atoms with Crippen LogP contribution < -0.4 is 14.4 Å². The van der Waals surface area contributed by atoms with Crippen molar-refractivity contribution in [1.29, 1.82) is 0 Å². The largest absolute Gasteiger partial charge is 0.516 e. The molecule has 6 rings (SSSR count). The third kappa shape index (κ3) is 6.66. The van der Waals surface area contributed by atoms with Gasteiger partial charge in [0.05, 0.1) is 4.91 Å². The van der Waals surface area contributed by atoms with Gasteiger partial charge in [-0.3, -0.25) is 9.52 Å². The molecule has 3 aromatic rings. The highest BCUT2D eigenvalue weighted by Crippen LogP contribution is 2.38. The second kappa shape index (κ2) is 12.3. The second-order valence-electron chi connectivity index (χ2n) is 11.0. The number of benzene rings is 3. The molecule has 0 atom stereocenters. The maximum absolute atomic E-state index is 12.7. The predicted molar refractivity (Wildman–Crippen MR) is 167 cm³/mol. The molecule has 1 fully saturated rings. The van der Waals surface area contributed by atoms with E-state index in [1.807, 2.05) is 24.3 Å². The minimum atomic E-state index is -5.52. The number of carbonyl (C=O) groups is 1. The smallest absolute Gasteiger partial charge is 0.489 e. The third-order valence-electron chi connectivity index (χ3n) is 8.01. The molecule has 3 aromatic carbocycles. The summed E-state index contributed by atoms with van der Waals surface area (Å²) in [6.45, 7) is 0.913. The standard InChI is InChI=1S/C32H30F3N3O4S2/c33-32(34,35)44(40,41)37-26-12-15-28-25(19-26)16-17-38(28)31-36-30(39)29(43-31)18-21-8-13-27(14-9-21)42-20-22-6-10-24(11-7-22)23-4-2-1-3-5-23/h6-15,18-19,23,37H,1-5,16-17,20H2/b29-18+. The molecular weight excluding hydrogens is 611 g/mol. The van der Waals surface area contributed by atoms with Crippen LogP contribution in [0.2, 0.25) is 0 Å². The van der Waals surface area contributed by atoms with Crippen molar-refractivity contribution >= 4 is 50.3 Å². The van der Waals surface area contributed by atoms with Crippen LogP contribution in [0.15, 0.2) is 76.6 Å². The summed E-state index contributed by atoms with van der Waals surface area (Å²) in [5.41, 5.74) is -0.956. The number of ether oxygens (including phenoxy) is 1. The average molecular weight is 642 g/mol.